The van der Waals surface area contributed by atoms with Gasteiger partial charge < -0.3 is 10.4 Å². The first-order valence-electron chi connectivity index (χ1n) is 5.50. The molecule has 0 aliphatic carbocycles. The fourth-order valence-electron chi connectivity index (χ4n) is 1.97. The fraction of sp³-hybridized carbons (Fsp3) is 0.455. The number of alkyl halides is 3. The van der Waals surface area contributed by atoms with Crippen LogP contribution in [0.25, 0.3) is 0 Å². The number of hydrogen-bond acceptors (Lipinski definition) is 4. The van der Waals surface area contributed by atoms with Crippen LogP contribution in [0, 0.1) is 0 Å². The second kappa shape index (κ2) is 4.68. The molecule has 0 aromatic heterocycles. The summed E-state index contributed by atoms with van der Waals surface area (Å²) in [6.07, 6.45) is -5.57. The third-order valence-electron chi connectivity index (χ3n) is 2.86. The zero-order valence-corrected chi connectivity index (χ0v) is 10.5. The van der Waals surface area contributed by atoms with E-state index in [4.69, 9.17) is 0 Å². The molecular weight excluding hydrogens is 283 g/mol. The summed E-state index contributed by atoms with van der Waals surface area (Å²) in [4.78, 5) is 0. The van der Waals surface area contributed by atoms with E-state index in [9.17, 15) is 26.7 Å². The normalized spacial score (nSPS) is 26.3. The first-order chi connectivity index (χ1) is 8.67. The number of hydrogen-bond donors (Lipinski definition) is 2. The molecule has 4 nitrogen and oxygen atoms in total. The van der Waals surface area contributed by atoms with Crippen molar-refractivity contribution in [2.45, 2.75) is 18.3 Å². The predicted octanol–water partition coefficient (Wildman–Crippen LogP) is 1.28. The van der Waals surface area contributed by atoms with Gasteiger partial charge in [0.05, 0.1) is 29.2 Å². The van der Waals surface area contributed by atoms with Crippen LogP contribution < -0.4 is 5.32 Å². The summed E-state index contributed by atoms with van der Waals surface area (Å²) in [5.41, 5.74) is -0.691. The number of nitrogens with one attached hydrogen (secondary N) is 1. The van der Waals surface area contributed by atoms with E-state index in [1.54, 1.807) is 0 Å². The molecule has 1 fully saturated rings. The van der Waals surface area contributed by atoms with Crippen LogP contribution in [0.4, 0.5) is 18.9 Å². The van der Waals surface area contributed by atoms with E-state index >= 15 is 0 Å². The van der Waals surface area contributed by atoms with Crippen LogP contribution in [-0.4, -0.2) is 37.2 Å². The standard InChI is InChI=1S/C11H12F3NO3S/c12-11(13,14)7-2-1-3-8(4-7)15-9-5-19(17,18)6-10(9)16/h1-4,9-10,15-16H,5-6H2/t9-,10-/m0/s1. The Morgan fingerprint density at radius 1 is 1.26 bits per heavy atom. The van der Waals surface area contributed by atoms with Gasteiger partial charge in [0.1, 0.15) is 0 Å². The first-order valence-corrected chi connectivity index (χ1v) is 7.32. The van der Waals surface area contributed by atoms with Crippen LogP contribution in [0.2, 0.25) is 0 Å². The van der Waals surface area contributed by atoms with Crippen molar-refractivity contribution in [2.75, 3.05) is 16.8 Å². The minimum Gasteiger partial charge on any atom is -0.390 e. The van der Waals surface area contributed by atoms with E-state index in [2.05, 4.69) is 5.32 Å². The summed E-state index contributed by atoms with van der Waals surface area (Å²) >= 11 is 0. The van der Waals surface area contributed by atoms with Crippen LogP contribution in [0.1, 0.15) is 5.56 Å². The maximum Gasteiger partial charge on any atom is 0.416 e. The highest BCUT2D eigenvalue weighted by Crippen LogP contribution is 2.31. The van der Waals surface area contributed by atoms with Gasteiger partial charge in [-0.3, -0.25) is 0 Å². The molecule has 1 aliphatic rings. The van der Waals surface area contributed by atoms with Gasteiger partial charge in [-0.15, -0.1) is 0 Å². The molecule has 2 rings (SSSR count). The minimum atomic E-state index is -4.46. The van der Waals surface area contributed by atoms with Gasteiger partial charge >= 0.3 is 6.18 Å². The molecule has 2 N–H and O–H groups in total. The third-order valence-corrected chi connectivity index (χ3v) is 4.58. The van der Waals surface area contributed by atoms with Crippen molar-refractivity contribution in [3.63, 3.8) is 0 Å². The highest BCUT2D eigenvalue weighted by molar-refractivity contribution is 7.91. The molecule has 0 saturated carbocycles. The molecule has 19 heavy (non-hydrogen) atoms. The summed E-state index contributed by atoms with van der Waals surface area (Å²) in [5.74, 6) is -0.659. The van der Waals surface area contributed by atoms with Crippen molar-refractivity contribution >= 4 is 15.5 Å². The summed E-state index contributed by atoms with van der Waals surface area (Å²) in [5, 5.41) is 12.2. The lowest BCUT2D eigenvalue weighted by molar-refractivity contribution is -0.137. The molecule has 106 valence electrons. The molecule has 0 radical (unpaired) electrons. The van der Waals surface area contributed by atoms with E-state index in [-0.39, 0.29) is 17.2 Å². The quantitative estimate of drug-likeness (QED) is 0.862. The number of halogens is 3. The number of aliphatic hydroxyl groups excluding tert-OH is 1. The number of anilines is 1. The number of sulfone groups is 1. The Kier molecular flexibility index (Phi) is 3.48. The molecule has 1 aromatic rings. The second-order valence-corrected chi connectivity index (χ2v) is 6.63. The van der Waals surface area contributed by atoms with Crippen LogP contribution in [0.15, 0.2) is 24.3 Å². The highest BCUT2D eigenvalue weighted by Gasteiger charge is 2.37. The number of rotatable bonds is 2. The maximum atomic E-state index is 12.5. The van der Waals surface area contributed by atoms with E-state index < -0.39 is 33.7 Å². The lowest BCUT2D eigenvalue weighted by Crippen LogP contribution is -2.31. The summed E-state index contributed by atoms with van der Waals surface area (Å²) in [6, 6.07) is 3.65. The molecular formula is C11H12F3NO3S. The molecule has 0 amide bonds. The molecule has 2 atom stereocenters. The molecule has 1 aliphatic heterocycles. The minimum absolute atomic E-state index is 0.135. The molecule has 8 heteroatoms. The highest BCUT2D eigenvalue weighted by atomic mass is 32.2. The van der Waals surface area contributed by atoms with Crippen LogP contribution in [-0.2, 0) is 16.0 Å². The van der Waals surface area contributed by atoms with Gasteiger partial charge in [-0.25, -0.2) is 8.42 Å². The van der Waals surface area contributed by atoms with Crippen molar-refractivity contribution in [1.82, 2.24) is 0 Å². The van der Waals surface area contributed by atoms with E-state index in [0.29, 0.717) is 0 Å². The van der Waals surface area contributed by atoms with Gasteiger partial charge in [0.2, 0.25) is 0 Å². The lowest BCUT2D eigenvalue weighted by Gasteiger charge is -2.17. The lowest BCUT2D eigenvalue weighted by atomic mass is 10.1. The maximum absolute atomic E-state index is 12.5. The van der Waals surface area contributed by atoms with Crippen LogP contribution in [0.5, 0.6) is 0 Å². The van der Waals surface area contributed by atoms with Gasteiger partial charge in [0, 0.05) is 5.69 Å². The van der Waals surface area contributed by atoms with Crippen LogP contribution >= 0.6 is 0 Å². The first kappa shape index (κ1) is 14.1. The van der Waals surface area contributed by atoms with E-state index in [0.717, 1.165) is 12.1 Å². The van der Waals surface area contributed by atoms with Crippen molar-refractivity contribution in [1.29, 1.82) is 0 Å². The third kappa shape index (κ3) is 3.38. The predicted molar refractivity (Wildman–Crippen MR) is 63.5 cm³/mol. The average molecular weight is 295 g/mol. The zero-order valence-electron chi connectivity index (χ0n) is 9.68. The van der Waals surface area contributed by atoms with E-state index in [1.165, 1.54) is 12.1 Å². The van der Waals surface area contributed by atoms with Crippen molar-refractivity contribution in [2.24, 2.45) is 0 Å². The number of benzene rings is 1. The monoisotopic (exact) mass is 295 g/mol. The second-order valence-electron chi connectivity index (χ2n) is 4.47. The molecule has 0 bridgehead atoms. The molecule has 1 heterocycles. The molecule has 1 aromatic carbocycles. The van der Waals surface area contributed by atoms with Crippen molar-refractivity contribution in [3.8, 4) is 0 Å². The van der Waals surface area contributed by atoms with Crippen LogP contribution in [0.3, 0.4) is 0 Å². The Hall–Kier alpha value is -1.28. The van der Waals surface area contributed by atoms with Gasteiger partial charge in [0.15, 0.2) is 9.84 Å². The Bertz CT molecular complexity index is 571. The Morgan fingerprint density at radius 2 is 1.95 bits per heavy atom. The molecule has 0 unspecified atom stereocenters. The smallest absolute Gasteiger partial charge is 0.390 e. The van der Waals surface area contributed by atoms with E-state index in [1.807, 2.05) is 0 Å². The van der Waals surface area contributed by atoms with Gasteiger partial charge in [0.25, 0.3) is 0 Å². The fourth-order valence-corrected chi connectivity index (χ4v) is 3.71. The largest absolute Gasteiger partial charge is 0.416 e. The van der Waals surface area contributed by atoms with Crippen molar-refractivity contribution < 1.29 is 26.7 Å². The summed E-state index contributed by atoms with van der Waals surface area (Å²) in [7, 11) is -3.34. The average Bonchev–Trinajstić information content (AvgIpc) is 2.51. The Morgan fingerprint density at radius 3 is 2.47 bits per heavy atom. The van der Waals surface area contributed by atoms with Crippen molar-refractivity contribution in [3.05, 3.63) is 29.8 Å². The summed E-state index contributed by atoms with van der Waals surface area (Å²) < 4.78 is 60.1. The van der Waals surface area contributed by atoms with Gasteiger partial charge in [-0.2, -0.15) is 13.2 Å². The summed E-state index contributed by atoms with van der Waals surface area (Å²) in [6.45, 7) is 0. The SMILES string of the molecule is O=S1(=O)C[C@H](Nc2cccc(C(F)(F)F)c2)[C@@H](O)C1. The topological polar surface area (TPSA) is 66.4 Å². The number of aliphatic hydroxyl groups is 1. The van der Waals surface area contributed by atoms with Gasteiger partial charge in [-0.1, -0.05) is 6.07 Å². The molecule has 0 spiro atoms. The Balaban J connectivity index is 2.16. The van der Waals surface area contributed by atoms with Gasteiger partial charge in [-0.05, 0) is 18.2 Å². The zero-order chi connectivity index (χ0) is 14.3. The Labute approximate surface area is 108 Å². The molecule has 1 saturated heterocycles.